The maximum Gasteiger partial charge on any atom is 0.0482 e. The van der Waals surface area contributed by atoms with Crippen LogP contribution < -0.4 is 0 Å². The van der Waals surface area contributed by atoms with Crippen molar-refractivity contribution in [3.63, 3.8) is 0 Å². The number of halogens is 1. The van der Waals surface area contributed by atoms with Gasteiger partial charge in [-0.25, -0.2) is 0 Å². The molecule has 47 valence electrons. The van der Waals surface area contributed by atoms with E-state index in [1.54, 1.807) is 0 Å². The highest BCUT2D eigenvalue weighted by molar-refractivity contribution is 6.17. The van der Waals surface area contributed by atoms with E-state index in [1.165, 1.54) is 5.56 Å². The molecule has 0 aliphatic carbocycles. The number of hydrogen-bond acceptors (Lipinski definition) is 0. The summed E-state index contributed by atoms with van der Waals surface area (Å²) >= 11 is 5.60. The molecule has 0 nitrogen and oxygen atoms in total. The lowest BCUT2D eigenvalue weighted by molar-refractivity contribution is 1.29. The highest BCUT2D eigenvalue weighted by Crippen LogP contribution is 2.07. The van der Waals surface area contributed by atoms with Crippen LogP contribution in [0.3, 0.4) is 0 Å². The summed E-state index contributed by atoms with van der Waals surface area (Å²) in [5, 5.41) is 0. The fourth-order valence-electron chi connectivity index (χ4n) is 0.700. The molecule has 0 N–H and O–H groups in total. The van der Waals surface area contributed by atoms with Gasteiger partial charge in [0.15, 0.2) is 0 Å². The summed E-state index contributed by atoms with van der Waals surface area (Å²) in [5.41, 5.74) is 2.31. The van der Waals surface area contributed by atoms with Gasteiger partial charge in [0.1, 0.15) is 0 Å². The first-order chi connectivity index (χ1) is 4.34. The minimum Gasteiger partial charge on any atom is -0.122 e. The monoisotopic (exact) mass is 139 g/mol. The molecule has 0 unspecified atom stereocenters. The van der Waals surface area contributed by atoms with Crippen molar-refractivity contribution in [2.75, 3.05) is 0 Å². The molecule has 0 heterocycles. The van der Waals surface area contributed by atoms with Gasteiger partial charge in [0.2, 0.25) is 0 Å². The topological polar surface area (TPSA) is 0 Å². The van der Waals surface area contributed by atoms with Crippen LogP contribution in [-0.4, -0.2) is 0 Å². The lowest BCUT2D eigenvalue weighted by Gasteiger charge is -1.96. The first-order valence-corrected chi connectivity index (χ1v) is 3.40. The van der Waals surface area contributed by atoms with Gasteiger partial charge < -0.3 is 0 Å². The van der Waals surface area contributed by atoms with Crippen LogP contribution in [0.2, 0.25) is 0 Å². The van der Waals surface area contributed by atoms with Gasteiger partial charge in [-0.2, -0.15) is 0 Å². The summed E-state index contributed by atoms with van der Waals surface area (Å²) in [5.74, 6) is 0.562. The summed E-state index contributed by atoms with van der Waals surface area (Å²) in [6.45, 7) is 2.04. The van der Waals surface area contributed by atoms with Crippen molar-refractivity contribution in [1.29, 1.82) is 0 Å². The van der Waals surface area contributed by atoms with Gasteiger partial charge in [-0.1, -0.05) is 18.2 Å². The number of benzene rings is 1. The lowest BCUT2D eigenvalue weighted by atomic mass is 10.1. The van der Waals surface area contributed by atoms with E-state index in [0.717, 1.165) is 5.56 Å². The molecule has 0 saturated heterocycles. The largest absolute Gasteiger partial charge is 0.122 e. The molecule has 1 heteroatoms. The second-order valence-corrected chi connectivity index (χ2v) is 2.23. The fraction of sp³-hybridized carbons (Fsp3) is 0.250. The molecule has 0 amide bonds. The van der Waals surface area contributed by atoms with Gasteiger partial charge in [-0.15, -0.1) is 11.6 Å². The quantitative estimate of drug-likeness (QED) is 0.525. The number of alkyl halides is 1. The van der Waals surface area contributed by atoms with Crippen LogP contribution >= 0.6 is 11.6 Å². The van der Waals surface area contributed by atoms with Gasteiger partial charge in [-0.3, -0.25) is 0 Å². The first kappa shape index (κ1) is 6.63. The molecular formula is C8H8Cl. The molecule has 0 aromatic heterocycles. The number of aryl methyl sites for hydroxylation is 1. The molecule has 0 aliphatic heterocycles. The molecule has 1 radical (unpaired) electrons. The lowest BCUT2D eigenvalue weighted by Crippen LogP contribution is -1.81. The average Bonchev–Trinajstić information content (AvgIpc) is 1.89. The number of rotatable bonds is 1. The first-order valence-electron chi connectivity index (χ1n) is 2.86. The molecular weight excluding hydrogens is 132 g/mol. The van der Waals surface area contributed by atoms with E-state index in [1.807, 2.05) is 25.1 Å². The zero-order valence-corrected chi connectivity index (χ0v) is 6.07. The normalized spacial score (nSPS) is 9.56. The molecule has 1 aromatic carbocycles. The number of hydrogen-bond donors (Lipinski definition) is 0. The van der Waals surface area contributed by atoms with Crippen molar-refractivity contribution >= 4 is 11.6 Å². The Hall–Kier alpha value is -0.490. The van der Waals surface area contributed by atoms with Crippen molar-refractivity contribution in [2.24, 2.45) is 0 Å². The third-order valence-corrected chi connectivity index (χ3v) is 1.58. The Bertz CT molecular complexity index is 194. The Morgan fingerprint density at radius 2 is 2.44 bits per heavy atom. The molecule has 1 rings (SSSR count). The maximum atomic E-state index is 5.60. The molecule has 0 bridgehead atoms. The van der Waals surface area contributed by atoms with Gasteiger partial charge in [0.25, 0.3) is 0 Å². The van der Waals surface area contributed by atoms with E-state index in [2.05, 4.69) is 6.07 Å². The Labute approximate surface area is 60.5 Å². The summed E-state index contributed by atoms with van der Waals surface area (Å²) in [4.78, 5) is 0. The molecule has 0 aliphatic rings. The van der Waals surface area contributed by atoms with Gasteiger partial charge >= 0.3 is 0 Å². The van der Waals surface area contributed by atoms with Crippen molar-refractivity contribution in [3.8, 4) is 0 Å². The highest BCUT2D eigenvalue weighted by Gasteiger charge is 1.91. The van der Waals surface area contributed by atoms with Crippen LogP contribution in [-0.2, 0) is 5.88 Å². The Balaban J connectivity index is 3.01. The van der Waals surface area contributed by atoms with Gasteiger partial charge in [-0.05, 0) is 24.1 Å². The van der Waals surface area contributed by atoms with Crippen molar-refractivity contribution in [1.82, 2.24) is 0 Å². The summed E-state index contributed by atoms with van der Waals surface area (Å²) in [7, 11) is 0. The van der Waals surface area contributed by atoms with Crippen LogP contribution in [0.4, 0.5) is 0 Å². The molecule has 0 fully saturated rings. The Morgan fingerprint density at radius 3 is 2.89 bits per heavy atom. The third kappa shape index (κ3) is 1.46. The van der Waals surface area contributed by atoms with E-state index in [0.29, 0.717) is 5.88 Å². The zero-order valence-electron chi connectivity index (χ0n) is 5.32. The molecule has 9 heavy (non-hydrogen) atoms. The highest BCUT2D eigenvalue weighted by atomic mass is 35.5. The third-order valence-electron chi connectivity index (χ3n) is 1.31. The van der Waals surface area contributed by atoms with Crippen LogP contribution in [0.1, 0.15) is 11.1 Å². The second-order valence-electron chi connectivity index (χ2n) is 1.97. The summed E-state index contributed by atoms with van der Waals surface area (Å²) < 4.78 is 0. The summed E-state index contributed by atoms with van der Waals surface area (Å²) in [6.07, 6.45) is 0. The van der Waals surface area contributed by atoms with Crippen LogP contribution in [0.5, 0.6) is 0 Å². The predicted molar refractivity (Wildman–Crippen MR) is 39.6 cm³/mol. The van der Waals surface area contributed by atoms with Crippen LogP contribution in [0.15, 0.2) is 18.2 Å². The molecule has 0 spiro atoms. The smallest absolute Gasteiger partial charge is 0.0482 e. The van der Waals surface area contributed by atoms with Gasteiger partial charge in [0.05, 0.1) is 0 Å². The van der Waals surface area contributed by atoms with E-state index >= 15 is 0 Å². The summed E-state index contributed by atoms with van der Waals surface area (Å²) in [6, 6.07) is 8.93. The fourth-order valence-corrected chi connectivity index (χ4v) is 0.987. The second kappa shape index (κ2) is 2.88. The van der Waals surface area contributed by atoms with Crippen molar-refractivity contribution < 1.29 is 0 Å². The van der Waals surface area contributed by atoms with E-state index in [4.69, 9.17) is 11.6 Å². The minimum atomic E-state index is 0.562. The van der Waals surface area contributed by atoms with E-state index in [9.17, 15) is 0 Å². The Morgan fingerprint density at radius 1 is 1.67 bits per heavy atom. The maximum absolute atomic E-state index is 5.60. The molecule has 0 saturated carbocycles. The van der Waals surface area contributed by atoms with E-state index in [-0.39, 0.29) is 0 Å². The van der Waals surface area contributed by atoms with Crippen molar-refractivity contribution in [3.05, 3.63) is 35.4 Å². The standard InChI is InChI=1S/C8H8Cl/c1-7-4-2-3-5-8(7)6-9/h2-4H,6H2,1H3. The minimum absolute atomic E-state index is 0.562. The molecule has 0 atom stereocenters. The zero-order chi connectivity index (χ0) is 6.69. The average molecular weight is 140 g/mol. The van der Waals surface area contributed by atoms with Crippen LogP contribution in [0.25, 0.3) is 0 Å². The Kier molecular flexibility index (Phi) is 2.12. The molecule has 1 aromatic rings. The van der Waals surface area contributed by atoms with Crippen molar-refractivity contribution in [2.45, 2.75) is 12.8 Å². The SMILES string of the molecule is Cc1ccc[c]c1CCl. The predicted octanol–water partition coefficient (Wildman–Crippen LogP) is 2.53. The van der Waals surface area contributed by atoms with Crippen LogP contribution in [0, 0.1) is 13.0 Å². The van der Waals surface area contributed by atoms with E-state index < -0.39 is 0 Å². The van der Waals surface area contributed by atoms with Gasteiger partial charge in [0, 0.05) is 5.88 Å².